The third kappa shape index (κ3) is 1.67. The molecule has 0 saturated carbocycles. The van der Waals surface area contributed by atoms with Crippen LogP contribution >= 0.6 is 7.14 Å². The van der Waals surface area contributed by atoms with Gasteiger partial charge in [-0.05, 0) is 25.3 Å². The van der Waals surface area contributed by atoms with Crippen LogP contribution in [-0.4, -0.2) is 30.1 Å². The van der Waals surface area contributed by atoms with Crippen LogP contribution < -0.4 is 5.32 Å². The first-order chi connectivity index (χ1) is 6.42. The fraction of sp³-hybridized carbons (Fsp3) is 1.00. The molecule has 0 aromatic carbocycles. The molecule has 82 valence electrons. The molecular weight excluding hydrogens is 193 g/mol. The topological polar surface area (TPSA) is 29.1 Å². The molecule has 0 radical (unpaired) electrons. The van der Waals surface area contributed by atoms with E-state index in [0.717, 1.165) is 25.3 Å². The Bertz CT molecular complexity index is 269. The first-order valence-electron chi connectivity index (χ1n) is 5.74. The van der Waals surface area contributed by atoms with Gasteiger partial charge in [-0.1, -0.05) is 20.8 Å². The Balaban J connectivity index is 2.14. The third-order valence-electron chi connectivity index (χ3n) is 4.04. The second-order valence-electron chi connectivity index (χ2n) is 5.86. The average molecular weight is 215 g/mol. The maximum absolute atomic E-state index is 12.8. The summed E-state index contributed by atoms with van der Waals surface area (Å²) in [5.74, 6) is 0.703. The van der Waals surface area contributed by atoms with Gasteiger partial charge < -0.3 is 9.88 Å². The normalized spacial score (nSPS) is 43.6. The highest BCUT2D eigenvalue weighted by molar-refractivity contribution is 7.65. The third-order valence-corrected chi connectivity index (χ3v) is 8.53. The van der Waals surface area contributed by atoms with Gasteiger partial charge >= 0.3 is 0 Å². The predicted octanol–water partition coefficient (Wildman–Crippen LogP) is 2.53. The Morgan fingerprint density at radius 3 is 2.64 bits per heavy atom. The van der Waals surface area contributed by atoms with Crippen LogP contribution in [0.15, 0.2) is 0 Å². The summed E-state index contributed by atoms with van der Waals surface area (Å²) in [5.41, 5.74) is 0. The highest BCUT2D eigenvalue weighted by Gasteiger charge is 2.45. The van der Waals surface area contributed by atoms with Gasteiger partial charge in [0.2, 0.25) is 0 Å². The summed E-state index contributed by atoms with van der Waals surface area (Å²) >= 11 is 0. The lowest BCUT2D eigenvalue weighted by Gasteiger charge is -2.39. The molecule has 2 aliphatic heterocycles. The van der Waals surface area contributed by atoms with Gasteiger partial charge in [-0.2, -0.15) is 0 Å². The van der Waals surface area contributed by atoms with Crippen molar-refractivity contribution in [1.29, 1.82) is 0 Å². The molecule has 2 aliphatic rings. The van der Waals surface area contributed by atoms with Crippen LogP contribution in [0.4, 0.5) is 0 Å². The van der Waals surface area contributed by atoms with Gasteiger partial charge in [-0.25, -0.2) is 0 Å². The molecule has 0 amide bonds. The quantitative estimate of drug-likeness (QED) is 0.629. The number of hydrogen-bond donors (Lipinski definition) is 1. The molecule has 2 heterocycles. The van der Waals surface area contributed by atoms with Gasteiger partial charge in [0.25, 0.3) is 0 Å². The first-order valence-corrected chi connectivity index (χ1v) is 7.82. The van der Waals surface area contributed by atoms with Crippen LogP contribution in [0.5, 0.6) is 0 Å². The number of fused-ring (bicyclic) bond motifs is 1. The number of rotatable bonds is 0. The molecule has 2 nitrogen and oxygen atoms in total. The molecule has 3 atom stereocenters. The minimum absolute atomic E-state index is 0.0283. The summed E-state index contributed by atoms with van der Waals surface area (Å²) in [7, 11) is -1.91. The predicted molar refractivity (Wildman–Crippen MR) is 61.6 cm³/mol. The molecule has 3 unspecified atom stereocenters. The first kappa shape index (κ1) is 10.7. The highest BCUT2D eigenvalue weighted by Crippen LogP contribution is 2.62. The van der Waals surface area contributed by atoms with Gasteiger partial charge in [0.15, 0.2) is 0 Å². The van der Waals surface area contributed by atoms with Crippen LogP contribution in [-0.2, 0) is 4.57 Å². The molecule has 2 saturated heterocycles. The minimum atomic E-state index is -1.91. The van der Waals surface area contributed by atoms with Gasteiger partial charge in [-0.3, -0.25) is 0 Å². The molecule has 0 aromatic rings. The van der Waals surface area contributed by atoms with Crippen molar-refractivity contribution in [2.45, 2.75) is 44.8 Å². The Morgan fingerprint density at radius 2 is 2.00 bits per heavy atom. The average Bonchev–Trinajstić information content (AvgIpc) is 2.48. The maximum Gasteiger partial charge on any atom is 0.0931 e. The zero-order valence-electron chi connectivity index (χ0n) is 9.55. The smallest absolute Gasteiger partial charge is 0.0931 e. The standard InChI is InChI=1S/C11H22NOP/c1-11(2,3)14(13)7-5-10-9(8-14)4-6-12-10/h9-10,12H,4-8H2,1-3H3. The summed E-state index contributed by atoms with van der Waals surface area (Å²) in [6, 6.07) is 0.680. The lowest BCUT2D eigenvalue weighted by Crippen LogP contribution is -2.37. The molecule has 2 rings (SSSR count). The van der Waals surface area contributed by atoms with Crippen molar-refractivity contribution in [3.63, 3.8) is 0 Å². The SMILES string of the molecule is CC(C)(C)P1(=O)CCC2NCCC2C1. The summed E-state index contributed by atoms with van der Waals surface area (Å²) in [4.78, 5) is 0. The van der Waals surface area contributed by atoms with E-state index >= 15 is 0 Å². The van der Waals surface area contributed by atoms with E-state index in [-0.39, 0.29) is 5.16 Å². The van der Waals surface area contributed by atoms with Crippen molar-refractivity contribution >= 4 is 7.14 Å². The molecule has 0 aromatic heterocycles. The van der Waals surface area contributed by atoms with Crippen LogP contribution in [0.3, 0.4) is 0 Å². The van der Waals surface area contributed by atoms with Crippen molar-refractivity contribution in [1.82, 2.24) is 5.32 Å². The Labute approximate surface area is 87.2 Å². The highest BCUT2D eigenvalue weighted by atomic mass is 31.2. The fourth-order valence-electron chi connectivity index (χ4n) is 2.81. The Morgan fingerprint density at radius 1 is 1.29 bits per heavy atom. The van der Waals surface area contributed by atoms with Crippen molar-refractivity contribution in [2.24, 2.45) is 5.92 Å². The molecule has 0 aliphatic carbocycles. The van der Waals surface area contributed by atoms with E-state index in [1.165, 1.54) is 6.42 Å². The van der Waals surface area contributed by atoms with E-state index < -0.39 is 7.14 Å². The van der Waals surface area contributed by atoms with E-state index in [0.29, 0.717) is 12.0 Å². The van der Waals surface area contributed by atoms with E-state index in [2.05, 4.69) is 26.1 Å². The minimum Gasteiger partial charge on any atom is -0.323 e. The summed E-state index contributed by atoms with van der Waals surface area (Å²) in [6.45, 7) is 7.59. The van der Waals surface area contributed by atoms with Gasteiger partial charge in [0, 0.05) is 23.5 Å². The second-order valence-corrected chi connectivity index (χ2v) is 9.80. The molecule has 14 heavy (non-hydrogen) atoms. The summed E-state index contributed by atoms with van der Waals surface area (Å²) < 4.78 is 12.8. The van der Waals surface area contributed by atoms with E-state index in [1.807, 2.05) is 0 Å². The van der Waals surface area contributed by atoms with E-state index in [4.69, 9.17) is 0 Å². The van der Waals surface area contributed by atoms with Crippen LogP contribution in [0.2, 0.25) is 0 Å². The molecule has 3 heteroatoms. The maximum atomic E-state index is 12.8. The van der Waals surface area contributed by atoms with Gasteiger partial charge in [0.05, 0.1) is 7.14 Å². The van der Waals surface area contributed by atoms with Crippen LogP contribution in [0.25, 0.3) is 0 Å². The summed E-state index contributed by atoms with van der Waals surface area (Å²) in [6.07, 6.45) is 4.34. The number of hydrogen-bond acceptors (Lipinski definition) is 2. The second kappa shape index (κ2) is 3.35. The van der Waals surface area contributed by atoms with Gasteiger partial charge in [-0.15, -0.1) is 0 Å². The fourth-order valence-corrected chi connectivity index (χ4v) is 6.10. The van der Waals surface area contributed by atoms with Crippen molar-refractivity contribution < 1.29 is 4.57 Å². The molecule has 0 bridgehead atoms. The van der Waals surface area contributed by atoms with Crippen LogP contribution in [0.1, 0.15) is 33.6 Å². The van der Waals surface area contributed by atoms with E-state index in [1.54, 1.807) is 0 Å². The zero-order valence-corrected chi connectivity index (χ0v) is 10.4. The van der Waals surface area contributed by atoms with Crippen molar-refractivity contribution in [2.75, 3.05) is 18.9 Å². The Kier molecular flexibility index (Phi) is 2.56. The molecular formula is C11H22NOP. The summed E-state index contributed by atoms with van der Waals surface area (Å²) in [5, 5.41) is 3.55. The molecule has 0 spiro atoms. The monoisotopic (exact) mass is 215 g/mol. The van der Waals surface area contributed by atoms with Gasteiger partial charge in [0.1, 0.15) is 0 Å². The molecule has 2 fully saturated rings. The Hall–Kier alpha value is 0.190. The lowest BCUT2D eigenvalue weighted by molar-refractivity contribution is 0.431. The van der Waals surface area contributed by atoms with Crippen molar-refractivity contribution in [3.8, 4) is 0 Å². The van der Waals surface area contributed by atoms with Crippen LogP contribution in [0, 0.1) is 5.92 Å². The van der Waals surface area contributed by atoms with Crippen molar-refractivity contribution in [3.05, 3.63) is 0 Å². The molecule has 1 N–H and O–H groups in total. The zero-order chi connectivity index (χ0) is 10.4. The largest absolute Gasteiger partial charge is 0.323 e. The van der Waals surface area contributed by atoms with E-state index in [9.17, 15) is 4.57 Å². The number of nitrogens with one attached hydrogen (secondary N) is 1. The lowest BCUT2D eigenvalue weighted by atomic mass is 10.0.